The first-order chi connectivity index (χ1) is 19.0. The lowest BCUT2D eigenvalue weighted by atomic mass is 9.61. The van der Waals surface area contributed by atoms with Gasteiger partial charge in [-0.25, -0.2) is 18.0 Å². The van der Waals surface area contributed by atoms with E-state index in [-0.39, 0.29) is 24.5 Å². The average molecular weight is 561 g/mol. The molecule has 2 saturated heterocycles. The normalized spacial score (nSPS) is 24.7. The first-order valence-electron chi connectivity index (χ1n) is 14.3. The van der Waals surface area contributed by atoms with Crippen LogP contribution in [0.15, 0.2) is 54.6 Å². The number of carbonyl (C=O) groups is 1. The van der Waals surface area contributed by atoms with Crippen LogP contribution in [0, 0.1) is 0 Å². The molecule has 1 atom stereocenters. The Hall–Kier alpha value is -3.48. The van der Waals surface area contributed by atoms with Crippen molar-refractivity contribution in [3.63, 3.8) is 0 Å². The van der Waals surface area contributed by atoms with Crippen molar-refractivity contribution in [2.24, 2.45) is 0 Å². The van der Waals surface area contributed by atoms with Gasteiger partial charge in [0.1, 0.15) is 5.67 Å². The highest BCUT2D eigenvalue weighted by Crippen LogP contribution is 2.58. The minimum absolute atomic E-state index is 0.158. The van der Waals surface area contributed by atoms with Gasteiger partial charge in [-0.15, -0.1) is 0 Å². The molecular formula is C34H35F3N2O2. The minimum Gasteiger partial charge on any atom is -0.441 e. The summed E-state index contributed by atoms with van der Waals surface area (Å²) in [7, 11) is 0. The van der Waals surface area contributed by atoms with Crippen LogP contribution in [0.25, 0.3) is 0 Å². The van der Waals surface area contributed by atoms with Gasteiger partial charge in [-0.1, -0.05) is 52.8 Å². The van der Waals surface area contributed by atoms with E-state index in [1.165, 1.54) is 0 Å². The third-order valence-corrected chi connectivity index (χ3v) is 9.46. The Balaban J connectivity index is 1.48. The summed E-state index contributed by atoms with van der Waals surface area (Å²) in [4.78, 5) is 17.2. The molecule has 0 N–H and O–H groups in total. The maximum Gasteiger partial charge on any atom is 0.340 e. The molecule has 3 aliphatic heterocycles. The Bertz CT molecular complexity index is 1540. The molecule has 0 bridgehead atoms. The van der Waals surface area contributed by atoms with Gasteiger partial charge in [-0.05, 0) is 65.4 Å². The summed E-state index contributed by atoms with van der Waals surface area (Å²) in [6.07, 6.45) is 0. The predicted molar refractivity (Wildman–Crippen MR) is 154 cm³/mol. The van der Waals surface area contributed by atoms with Crippen LogP contribution in [0.2, 0.25) is 0 Å². The molecule has 1 aliphatic carbocycles. The average Bonchev–Trinajstić information content (AvgIpc) is 3.16. The molecule has 214 valence electrons. The number of anilines is 2. The first kappa shape index (κ1) is 26.4. The molecule has 41 heavy (non-hydrogen) atoms. The fourth-order valence-corrected chi connectivity index (χ4v) is 7.15. The number of alkyl halides is 3. The van der Waals surface area contributed by atoms with Crippen molar-refractivity contribution >= 4 is 17.3 Å². The van der Waals surface area contributed by atoms with Gasteiger partial charge in [-0.2, -0.15) is 0 Å². The molecule has 4 nitrogen and oxygen atoms in total. The largest absolute Gasteiger partial charge is 0.441 e. The van der Waals surface area contributed by atoms with Crippen LogP contribution in [0.3, 0.4) is 0 Å². The molecule has 7 rings (SSSR count). The molecular weight excluding hydrogens is 525 g/mol. The zero-order valence-electron chi connectivity index (χ0n) is 24.4. The number of fused-ring (bicyclic) bond motifs is 6. The minimum atomic E-state index is -2.69. The molecule has 3 aromatic rings. The Kier molecular flexibility index (Phi) is 5.07. The standard InChI is InChI=1S/C34H35F3N2O2/c1-30(2,3)20-7-10-23-26(13-20)34(41-29(23)40)24-11-8-21(38-16-32(6,35)17-38)14-27(24)31(4,5)28-15-22(9-12-25(28)34)39-18-33(36,37)19-39/h7-15H,16-19H2,1-6H3. The van der Waals surface area contributed by atoms with E-state index in [0.717, 1.165) is 44.8 Å². The summed E-state index contributed by atoms with van der Waals surface area (Å²) in [6, 6.07) is 17.9. The van der Waals surface area contributed by atoms with Gasteiger partial charge >= 0.3 is 5.97 Å². The van der Waals surface area contributed by atoms with Crippen molar-refractivity contribution in [2.45, 2.75) is 69.6 Å². The van der Waals surface area contributed by atoms with E-state index in [1.54, 1.807) is 11.8 Å². The molecule has 1 unspecified atom stereocenters. The number of hydrogen-bond donors (Lipinski definition) is 0. The van der Waals surface area contributed by atoms with Gasteiger partial charge in [-0.3, -0.25) is 0 Å². The number of ether oxygens (including phenoxy) is 1. The number of halogens is 3. The molecule has 7 heteroatoms. The van der Waals surface area contributed by atoms with Gasteiger partial charge in [0.05, 0.1) is 31.7 Å². The highest BCUT2D eigenvalue weighted by molar-refractivity contribution is 5.97. The van der Waals surface area contributed by atoms with Crippen molar-refractivity contribution in [1.82, 2.24) is 0 Å². The predicted octanol–water partition coefficient (Wildman–Crippen LogP) is 7.09. The summed E-state index contributed by atoms with van der Waals surface area (Å²) in [5.41, 5.74) is 4.55. The fourth-order valence-electron chi connectivity index (χ4n) is 7.15. The van der Waals surface area contributed by atoms with Gasteiger partial charge in [0.2, 0.25) is 0 Å². The first-order valence-corrected chi connectivity index (χ1v) is 14.3. The monoisotopic (exact) mass is 560 g/mol. The second kappa shape index (κ2) is 7.87. The molecule has 4 aliphatic rings. The number of benzene rings is 3. The van der Waals surface area contributed by atoms with Gasteiger partial charge in [0, 0.05) is 33.5 Å². The van der Waals surface area contributed by atoms with Crippen LogP contribution in [0.4, 0.5) is 24.5 Å². The van der Waals surface area contributed by atoms with Crippen LogP contribution in [-0.2, 0) is 21.2 Å². The zero-order chi connectivity index (χ0) is 29.3. The van der Waals surface area contributed by atoms with Crippen LogP contribution < -0.4 is 9.80 Å². The molecule has 0 saturated carbocycles. The zero-order valence-corrected chi connectivity index (χ0v) is 24.4. The van der Waals surface area contributed by atoms with Crippen LogP contribution in [0.1, 0.15) is 85.3 Å². The highest BCUT2D eigenvalue weighted by Gasteiger charge is 2.56. The summed E-state index contributed by atoms with van der Waals surface area (Å²) >= 11 is 0. The van der Waals surface area contributed by atoms with Crippen LogP contribution in [0.5, 0.6) is 0 Å². The van der Waals surface area contributed by atoms with Gasteiger partial charge < -0.3 is 14.5 Å². The number of nitrogens with zero attached hydrogens (tertiary/aromatic N) is 2. The molecule has 3 aromatic carbocycles. The molecule has 1 spiro atoms. The molecule has 0 amide bonds. The van der Waals surface area contributed by atoms with Crippen molar-refractivity contribution in [2.75, 3.05) is 36.0 Å². The number of rotatable bonds is 2. The van der Waals surface area contributed by atoms with Crippen molar-refractivity contribution in [3.8, 4) is 0 Å². The van der Waals surface area contributed by atoms with Crippen molar-refractivity contribution in [3.05, 3.63) is 93.5 Å². The van der Waals surface area contributed by atoms with Gasteiger partial charge in [0.15, 0.2) is 5.60 Å². The summed E-state index contributed by atoms with van der Waals surface area (Å²) in [6.45, 7) is 12.3. The van der Waals surface area contributed by atoms with E-state index >= 15 is 0 Å². The SMILES string of the molecule is CC1(F)CN(c2ccc3c(c2)C(C)(C)c2cc(N4CC(F)(F)C4)ccc2C32OC(=O)c3ccc(C(C)(C)C)cc32)C1. The molecule has 3 heterocycles. The Labute approximate surface area is 239 Å². The van der Waals surface area contributed by atoms with E-state index < -0.39 is 22.6 Å². The van der Waals surface area contributed by atoms with E-state index in [9.17, 15) is 18.0 Å². The molecule has 0 aromatic heterocycles. The topological polar surface area (TPSA) is 32.8 Å². The van der Waals surface area contributed by atoms with Gasteiger partial charge in [0.25, 0.3) is 5.92 Å². The van der Waals surface area contributed by atoms with E-state index in [1.807, 2.05) is 47.4 Å². The lowest BCUT2D eigenvalue weighted by molar-refractivity contribution is -0.0263. The third-order valence-electron chi connectivity index (χ3n) is 9.46. The molecule has 2 fully saturated rings. The lowest BCUT2D eigenvalue weighted by Gasteiger charge is -2.48. The Morgan fingerprint density at radius 3 is 1.73 bits per heavy atom. The summed E-state index contributed by atoms with van der Waals surface area (Å²) in [5.74, 6) is -3.08. The lowest BCUT2D eigenvalue weighted by Crippen LogP contribution is -2.57. The van der Waals surface area contributed by atoms with E-state index in [4.69, 9.17) is 4.74 Å². The smallest absolute Gasteiger partial charge is 0.340 e. The van der Waals surface area contributed by atoms with Crippen molar-refractivity contribution in [1.29, 1.82) is 0 Å². The summed E-state index contributed by atoms with van der Waals surface area (Å²) in [5, 5.41) is 0. The van der Waals surface area contributed by atoms with E-state index in [0.29, 0.717) is 18.7 Å². The quantitative estimate of drug-likeness (QED) is 0.314. The maximum absolute atomic E-state index is 14.5. The second-order valence-corrected chi connectivity index (χ2v) is 14.1. The fraction of sp³-hybridized carbons (Fsp3) is 0.441. The second-order valence-electron chi connectivity index (χ2n) is 14.1. The van der Waals surface area contributed by atoms with Crippen LogP contribution in [-0.4, -0.2) is 43.7 Å². The number of hydrogen-bond acceptors (Lipinski definition) is 4. The Morgan fingerprint density at radius 1 is 0.707 bits per heavy atom. The maximum atomic E-state index is 14.5. The third kappa shape index (κ3) is 3.70. The summed E-state index contributed by atoms with van der Waals surface area (Å²) < 4.78 is 48.6. The Morgan fingerprint density at radius 2 is 1.24 bits per heavy atom. The van der Waals surface area contributed by atoms with Crippen LogP contribution >= 0.6 is 0 Å². The number of carbonyl (C=O) groups excluding carboxylic acids is 1. The number of esters is 1. The molecule has 0 radical (unpaired) electrons. The van der Waals surface area contributed by atoms with Crippen molar-refractivity contribution < 1.29 is 22.7 Å². The highest BCUT2D eigenvalue weighted by atomic mass is 19.3. The van der Waals surface area contributed by atoms with E-state index in [2.05, 4.69) is 46.8 Å².